The largest absolute Gasteiger partial charge is 0.486 e. The predicted molar refractivity (Wildman–Crippen MR) is 246 cm³/mol. The van der Waals surface area contributed by atoms with Crippen molar-refractivity contribution in [1.82, 2.24) is 0 Å². The van der Waals surface area contributed by atoms with Crippen LogP contribution in [0.25, 0.3) is 10.1 Å². The zero-order valence-electron chi connectivity index (χ0n) is 36.2. The maximum atomic E-state index is 6.43. The molecule has 57 heavy (non-hydrogen) atoms. The summed E-state index contributed by atoms with van der Waals surface area (Å²) in [6, 6.07) is 31.0. The van der Waals surface area contributed by atoms with Crippen molar-refractivity contribution in [2.75, 3.05) is 23.0 Å². The summed E-state index contributed by atoms with van der Waals surface area (Å²) in [5, 5.41) is 1.31. The Balaban J connectivity index is 1.44. The summed E-state index contributed by atoms with van der Waals surface area (Å²) in [4.78, 5) is 5.19. The molecule has 0 bridgehead atoms. The fraction of sp³-hybridized carbons (Fsp3) is 0.373. The van der Waals surface area contributed by atoms with Gasteiger partial charge in [-0.3, -0.25) is 0 Å². The monoisotopic (exact) mass is 772 g/mol. The van der Waals surface area contributed by atoms with Gasteiger partial charge in [-0.05, 0) is 123 Å². The van der Waals surface area contributed by atoms with Crippen LogP contribution < -0.4 is 35.0 Å². The molecule has 9 rings (SSSR count). The Morgan fingerprint density at radius 2 is 1.23 bits per heavy atom. The van der Waals surface area contributed by atoms with Gasteiger partial charge in [0.1, 0.15) is 13.2 Å². The summed E-state index contributed by atoms with van der Waals surface area (Å²) >= 11 is 1.97. The molecular formula is C51H57BN2O2S. The second kappa shape index (κ2) is 12.9. The molecule has 3 aliphatic heterocycles. The topological polar surface area (TPSA) is 24.9 Å². The van der Waals surface area contributed by atoms with E-state index in [4.69, 9.17) is 9.47 Å². The third kappa shape index (κ3) is 5.99. The standard InChI is InChI=1S/C51H57BN2O2S/c1-29(2)32-25-40-44-41(26-32)54(45-30(3)24-42-47(31(45)4)56-23-22-55-42)46-37-27-34(50(8,9)10)17-21-43(37)57-48(46)52(44)38-28-35(51(11,12)13)16-20-39(38)53(40)36-18-14-33(15-19-36)49(5,6)7/h14-21,24-29H,22-23H2,1-13H3. The maximum absolute atomic E-state index is 6.43. The number of fused-ring (bicyclic) bond motifs is 7. The minimum atomic E-state index is -0.0104. The van der Waals surface area contributed by atoms with Gasteiger partial charge in [-0.25, -0.2) is 0 Å². The molecule has 0 unspecified atom stereocenters. The highest BCUT2D eigenvalue weighted by Crippen LogP contribution is 2.53. The number of hydrogen-bond donors (Lipinski definition) is 0. The molecule has 0 N–H and O–H groups in total. The molecule has 0 aliphatic carbocycles. The Labute approximate surface area is 344 Å². The number of rotatable bonds is 3. The number of ether oxygens (including phenoxy) is 2. The van der Waals surface area contributed by atoms with Gasteiger partial charge in [0.05, 0.1) is 11.4 Å². The summed E-state index contributed by atoms with van der Waals surface area (Å²) in [6.07, 6.45) is 0. The summed E-state index contributed by atoms with van der Waals surface area (Å²) < 4.78 is 15.4. The molecular weight excluding hydrogens is 715 g/mol. The molecule has 0 saturated carbocycles. The average molecular weight is 773 g/mol. The van der Waals surface area contributed by atoms with E-state index < -0.39 is 0 Å². The highest BCUT2D eigenvalue weighted by Gasteiger charge is 2.47. The van der Waals surface area contributed by atoms with E-state index in [0.29, 0.717) is 19.1 Å². The number of thiophene rings is 1. The molecule has 0 amide bonds. The molecule has 0 spiro atoms. The second-order valence-electron chi connectivity index (χ2n) is 20.0. The molecule has 0 saturated heterocycles. The van der Waals surface area contributed by atoms with Gasteiger partial charge in [-0.2, -0.15) is 0 Å². The zero-order chi connectivity index (χ0) is 40.5. The Morgan fingerprint density at radius 3 is 1.88 bits per heavy atom. The van der Waals surface area contributed by atoms with Gasteiger partial charge in [-0.15, -0.1) is 11.3 Å². The summed E-state index contributed by atoms with van der Waals surface area (Å²) in [6.45, 7) is 31.2. The molecule has 3 aliphatic rings. The molecule has 0 atom stereocenters. The van der Waals surface area contributed by atoms with Gasteiger partial charge in [-0.1, -0.05) is 106 Å². The van der Waals surface area contributed by atoms with E-state index in [1.165, 1.54) is 87.7 Å². The van der Waals surface area contributed by atoms with Crippen molar-refractivity contribution < 1.29 is 9.47 Å². The Morgan fingerprint density at radius 1 is 0.632 bits per heavy atom. The van der Waals surface area contributed by atoms with Gasteiger partial charge in [0, 0.05) is 43.2 Å². The van der Waals surface area contributed by atoms with Crippen LogP contribution in [0.3, 0.4) is 0 Å². The smallest absolute Gasteiger partial charge is 0.264 e. The van der Waals surface area contributed by atoms with E-state index in [2.05, 4.69) is 179 Å². The lowest BCUT2D eigenvalue weighted by Crippen LogP contribution is -2.60. The Kier molecular flexibility index (Phi) is 8.58. The average Bonchev–Trinajstić information content (AvgIpc) is 3.53. The highest BCUT2D eigenvalue weighted by atomic mass is 32.1. The van der Waals surface area contributed by atoms with Crippen LogP contribution in [0, 0.1) is 13.8 Å². The van der Waals surface area contributed by atoms with Crippen molar-refractivity contribution in [3.05, 3.63) is 112 Å². The fourth-order valence-electron chi connectivity index (χ4n) is 9.24. The lowest BCUT2D eigenvalue weighted by molar-refractivity contribution is 0.170. The van der Waals surface area contributed by atoms with E-state index in [0.717, 1.165) is 17.1 Å². The second-order valence-corrected chi connectivity index (χ2v) is 21.1. The molecule has 6 aromatic rings. The minimum absolute atomic E-state index is 0.00329. The van der Waals surface area contributed by atoms with Crippen molar-refractivity contribution in [1.29, 1.82) is 0 Å². The molecule has 6 heteroatoms. The van der Waals surface area contributed by atoms with Crippen molar-refractivity contribution in [2.45, 2.75) is 112 Å². The third-order valence-corrected chi connectivity index (χ3v) is 13.7. The van der Waals surface area contributed by atoms with Crippen LogP contribution in [0.4, 0.5) is 34.1 Å². The van der Waals surface area contributed by atoms with Gasteiger partial charge in [0.2, 0.25) is 0 Å². The molecule has 4 nitrogen and oxygen atoms in total. The molecule has 0 fully saturated rings. The van der Waals surface area contributed by atoms with Gasteiger partial charge in [0.25, 0.3) is 6.71 Å². The molecule has 4 heterocycles. The van der Waals surface area contributed by atoms with E-state index in [1.54, 1.807) is 0 Å². The number of aryl methyl sites for hydroxylation is 1. The number of nitrogens with zero attached hydrogens (tertiary/aromatic N) is 2. The quantitative estimate of drug-likeness (QED) is 0.167. The lowest BCUT2D eigenvalue weighted by Gasteiger charge is -2.45. The number of hydrogen-bond acceptors (Lipinski definition) is 5. The van der Waals surface area contributed by atoms with E-state index >= 15 is 0 Å². The van der Waals surface area contributed by atoms with Crippen LogP contribution in [-0.4, -0.2) is 19.9 Å². The van der Waals surface area contributed by atoms with Crippen molar-refractivity contribution in [3.63, 3.8) is 0 Å². The zero-order valence-corrected chi connectivity index (χ0v) is 37.0. The van der Waals surface area contributed by atoms with E-state index in [-0.39, 0.29) is 23.0 Å². The summed E-state index contributed by atoms with van der Waals surface area (Å²) in [7, 11) is 0. The fourth-order valence-corrected chi connectivity index (χ4v) is 10.5. The predicted octanol–water partition coefficient (Wildman–Crippen LogP) is 12.4. The van der Waals surface area contributed by atoms with Crippen molar-refractivity contribution >= 4 is 78.0 Å². The van der Waals surface area contributed by atoms with Gasteiger partial charge < -0.3 is 19.3 Å². The van der Waals surface area contributed by atoms with Crippen LogP contribution >= 0.6 is 11.3 Å². The maximum Gasteiger partial charge on any atom is 0.264 e. The first-order valence-electron chi connectivity index (χ1n) is 20.8. The first-order chi connectivity index (χ1) is 26.8. The SMILES string of the molecule is Cc1cc2c(c(C)c1N1c3cc(C(C)C)cc4c3B(c3cc(C(C)(C)C)ccc3N4c3ccc(C(C)(C)C)cc3)c3sc4ccc(C(C)(C)C)cc4c31)OCCO2. The molecule has 1 aromatic heterocycles. The Hall–Kier alpha value is -4.68. The number of anilines is 6. The van der Waals surface area contributed by atoms with Crippen LogP contribution in [0.1, 0.15) is 115 Å². The van der Waals surface area contributed by atoms with Crippen LogP contribution in [0.15, 0.2) is 78.9 Å². The molecule has 5 aromatic carbocycles. The van der Waals surface area contributed by atoms with Gasteiger partial charge >= 0.3 is 0 Å². The minimum Gasteiger partial charge on any atom is -0.486 e. The van der Waals surface area contributed by atoms with Crippen molar-refractivity contribution in [3.8, 4) is 11.5 Å². The summed E-state index contributed by atoms with van der Waals surface area (Å²) in [5.41, 5.74) is 17.9. The normalized spacial score (nSPS) is 14.9. The Bertz CT molecular complexity index is 2600. The van der Waals surface area contributed by atoms with E-state index in [9.17, 15) is 0 Å². The number of benzene rings is 5. The van der Waals surface area contributed by atoms with Crippen LogP contribution in [0.5, 0.6) is 11.5 Å². The van der Waals surface area contributed by atoms with Crippen LogP contribution in [0.2, 0.25) is 0 Å². The molecule has 292 valence electrons. The highest BCUT2D eigenvalue weighted by molar-refractivity contribution is 7.33. The van der Waals surface area contributed by atoms with E-state index in [1.807, 2.05) is 11.3 Å². The third-order valence-electron chi connectivity index (χ3n) is 12.5. The lowest BCUT2D eigenvalue weighted by atomic mass is 9.36. The van der Waals surface area contributed by atoms with Gasteiger partial charge in [0.15, 0.2) is 11.5 Å². The van der Waals surface area contributed by atoms with Crippen LogP contribution in [-0.2, 0) is 16.2 Å². The van der Waals surface area contributed by atoms with Crippen molar-refractivity contribution in [2.24, 2.45) is 0 Å². The first kappa shape index (κ1) is 37.9. The molecule has 0 radical (unpaired) electrons. The first-order valence-corrected chi connectivity index (χ1v) is 21.6. The summed E-state index contributed by atoms with van der Waals surface area (Å²) in [5.74, 6) is 2.01.